The summed E-state index contributed by atoms with van der Waals surface area (Å²) in [5, 5.41) is 2.35. The number of amides is 2. The van der Waals surface area contributed by atoms with Gasteiger partial charge in [0.25, 0.3) is 11.9 Å². The minimum atomic E-state index is -0.464. The lowest BCUT2D eigenvalue weighted by atomic mass is 10.3. The molecule has 0 saturated heterocycles. The summed E-state index contributed by atoms with van der Waals surface area (Å²) in [6.07, 6.45) is -0.291. The van der Waals surface area contributed by atoms with Crippen LogP contribution < -0.4 is 5.32 Å². The van der Waals surface area contributed by atoms with Crippen molar-refractivity contribution in [2.24, 2.45) is 4.99 Å². The molecule has 0 aromatic heterocycles. The minimum Gasteiger partial charge on any atom is -0.462 e. The molecule has 66 valence electrons. The lowest BCUT2D eigenvalue weighted by Crippen LogP contribution is -2.39. The Labute approximate surface area is 69.8 Å². The number of nitrogens with one attached hydrogen (secondary N) is 1. The van der Waals surface area contributed by atoms with E-state index in [2.05, 4.69) is 10.3 Å². The molecule has 0 bridgehead atoms. The van der Waals surface area contributed by atoms with Gasteiger partial charge in [0.1, 0.15) is 6.42 Å². The second-order valence-electron chi connectivity index (χ2n) is 2.70. The lowest BCUT2D eigenvalue weighted by molar-refractivity contribution is -0.128. The number of aliphatic imine (C=N–C) groups is 1. The average Bonchev–Trinajstić information content (AvgIpc) is 1.81. The van der Waals surface area contributed by atoms with Gasteiger partial charge in [0, 0.05) is 0 Å². The van der Waals surface area contributed by atoms with E-state index in [0.29, 0.717) is 0 Å². The van der Waals surface area contributed by atoms with E-state index in [1.54, 1.807) is 13.8 Å². The molecule has 1 aliphatic rings. The van der Waals surface area contributed by atoms with Crippen molar-refractivity contribution in [3.8, 4) is 0 Å². The summed E-state index contributed by atoms with van der Waals surface area (Å²) in [5.41, 5.74) is 0. The Balaban J connectivity index is 2.64. The van der Waals surface area contributed by atoms with Crippen LogP contribution in [-0.2, 0) is 14.3 Å². The Morgan fingerprint density at radius 2 is 2.17 bits per heavy atom. The number of carbonyl (C=O) groups is 2. The number of hydrogen-bond donors (Lipinski definition) is 1. The highest BCUT2D eigenvalue weighted by atomic mass is 16.5. The molecular formula is C7H10N2O3. The van der Waals surface area contributed by atoms with Crippen LogP contribution in [0.4, 0.5) is 0 Å². The predicted molar refractivity (Wildman–Crippen MR) is 41.4 cm³/mol. The zero-order chi connectivity index (χ0) is 9.14. The smallest absolute Gasteiger partial charge is 0.299 e. The third-order valence-corrected chi connectivity index (χ3v) is 1.13. The molecule has 0 saturated carbocycles. The van der Waals surface area contributed by atoms with E-state index in [0.717, 1.165) is 0 Å². The van der Waals surface area contributed by atoms with Crippen molar-refractivity contribution >= 4 is 17.8 Å². The van der Waals surface area contributed by atoms with Crippen molar-refractivity contribution in [2.75, 3.05) is 0 Å². The van der Waals surface area contributed by atoms with Crippen molar-refractivity contribution in [1.29, 1.82) is 0 Å². The zero-order valence-corrected chi connectivity index (χ0v) is 6.96. The monoisotopic (exact) mass is 170 g/mol. The fourth-order valence-electron chi connectivity index (χ4n) is 0.761. The van der Waals surface area contributed by atoms with Crippen LogP contribution >= 0.6 is 0 Å². The van der Waals surface area contributed by atoms with Crippen LogP contribution in [0.2, 0.25) is 0 Å². The number of ether oxygens (including phenoxy) is 1. The van der Waals surface area contributed by atoms with E-state index in [9.17, 15) is 9.59 Å². The summed E-state index contributed by atoms with van der Waals surface area (Å²) in [6, 6.07) is 0.00579. The third kappa shape index (κ3) is 2.34. The molecule has 1 aliphatic heterocycles. The first-order chi connectivity index (χ1) is 5.58. The van der Waals surface area contributed by atoms with E-state index in [-0.39, 0.29) is 24.5 Å². The molecule has 0 unspecified atom stereocenters. The first kappa shape index (κ1) is 8.70. The van der Waals surface area contributed by atoms with Crippen molar-refractivity contribution in [3.05, 3.63) is 0 Å². The number of amidine groups is 1. The van der Waals surface area contributed by atoms with E-state index in [4.69, 9.17) is 4.74 Å². The molecule has 0 atom stereocenters. The van der Waals surface area contributed by atoms with Gasteiger partial charge in [0.2, 0.25) is 5.91 Å². The molecule has 0 aromatic carbocycles. The van der Waals surface area contributed by atoms with Gasteiger partial charge in [-0.25, -0.2) is 0 Å². The van der Waals surface area contributed by atoms with Gasteiger partial charge < -0.3 is 4.74 Å². The summed E-state index contributed by atoms with van der Waals surface area (Å²) in [7, 11) is 0. The van der Waals surface area contributed by atoms with Gasteiger partial charge >= 0.3 is 0 Å². The molecule has 0 aliphatic carbocycles. The fraction of sp³-hybridized carbons (Fsp3) is 0.571. The van der Waals surface area contributed by atoms with Crippen LogP contribution in [-0.4, -0.2) is 23.9 Å². The minimum absolute atomic E-state index is 0.00579. The summed E-state index contributed by atoms with van der Waals surface area (Å²) in [4.78, 5) is 25.0. The molecule has 0 radical (unpaired) electrons. The molecule has 0 fully saturated rings. The zero-order valence-electron chi connectivity index (χ0n) is 6.96. The van der Waals surface area contributed by atoms with E-state index >= 15 is 0 Å². The summed E-state index contributed by atoms with van der Waals surface area (Å²) in [5.74, 6) is -0.833. The van der Waals surface area contributed by atoms with Gasteiger partial charge in [-0.05, 0) is 13.8 Å². The summed E-state index contributed by atoms with van der Waals surface area (Å²) < 4.78 is 5.03. The van der Waals surface area contributed by atoms with Gasteiger partial charge in [-0.1, -0.05) is 0 Å². The first-order valence-corrected chi connectivity index (χ1v) is 3.66. The standard InChI is InChI=1S/C7H10N2O3/c1-4(2)12-7-8-5(10)3-6(11)9-7/h4H,3H2,1-2H3,(H,8,9,10,11). The maximum Gasteiger partial charge on any atom is 0.299 e. The second-order valence-corrected chi connectivity index (χ2v) is 2.70. The highest BCUT2D eigenvalue weighted by Crippen LogP contribution is 1.97. The van der Waals surface area contributed by atoms with Crippen LogP contribution in [0, 0.1) is 0 Å². The SMILES string of the molecule is CC(C)OC1=NC(=O)CC(=O)N1. The number of rotatable bonds is 1. The quantitative estimate of drug-likeness (QED) is 0.555. The normalized spacial score (nSPS) is 17.4. The van der Waals surface area contributed by atoms with Crippen molar-refractivity contribution < 1.29 is 14.3 Å². The highest BCUT2D eigenvalue weighted by molar-refractivity contribution is 6.11. The highest BCUT2D eigenvalue weighted by Gasteiger charge is 2.19. The van der Waals surface area contributed by atoms with Gasteiger partial charge in [-0.2, -0.15) is 4.99 Å². The van der Waals surface area contributed by atoms with E-state index < -0.39 is 5.91 Å². The summed E-state index contributed by atoms with van der Waals surface area (Å²) >= 11 is 0. The van der Waals surface area contributed by atoms with Crippen LogP contribution in [0.1, 0.15) is 20.3 Å². The van der Waals surface area contributed by atoms with Gasteiger partial charge in [0.05, 0.1) is 6.10 Å². The van der Waals surface area contributed by atoms with Crippen LogP contribution in [0.15, 0.2) is 4.99 Å². The molecule has 1 N–H and O–H groups in total. The Kier molecular flexibility index (Phi) is 2.42. The Morgan fingerprint density at radius 1 is 1.50 bits per heavy atom. The maximum absolute atomic E-state index is 10.8. The second kappa shape index (κ2) is 3.34. The predicted octanol–water partition coefficient (Wildman–Crippen LogP) is -0.186. The number of nitrogens with zero attached hydrogens (tertiary/aromatic N) is 1. The molecule has 5 heteroatoms. The van der Waals surface area contributed by atoms with Gasteiger partial charge in [-0.3, -0.25) is 14.9 Å². The first-order valence-electron chi connectivity index (χ1n) is 3.66. The van der Waals surface area contributed by atoms with Crippen LogP contribution in [0.5, 0.6) is 0 Å². The maximum atomic E-state index is 10.8. The molecule has 0 spiro atoms. The van der Waals surface area contributed by atoms with E-state index in [1.165, 1.54) is 0 Å². The largest absolute Gasteiger partial charge is 0.462 e. The molecule has 1 heterocycles. The van der Waals surface area contributed by atoms with Crippen LogP contribution in [0.25, 0.3) is 0 Å². The molecular weight excluding hydrogens is 160 g/mol. The third-order valence-electron chi connectivity index (χ3n) is 1.13. The average molecular weight is 170 g/mol. The van der Waals surface area contributed by atoms with Crippen molar-refractivity contribution in [3.63, 3.8) is 0 Å². The van der Waals surface area contributed by atoms with Crippen LogP contribution in [0.3, 0.4) is 0 Å². The van der Waals surface area contributed by atoms with E-state index in [1.807, 2.05) is 0 Å². The van der Waals surface area contributed by atoms with Gasteiger partial charge in [-0.15, -0.1) is 0 Å². The molecule has 12 heavy (non-hydrogen) atoms. The summed E-state index contributed by atoms with van der Waals surface area (Å²) in [6.45, 7) is 3.57. The molecule has 5 nitrogen and oxygen atoms in total. The Hall–Kier alpha value is -1.39. The van der Waals surface area contributed by atoms with Crippen molar-refractivity contribution in [2.45, 2.75) is 26.4 Å². The Morgan fingerprint density at radius 3 is 2.67 bits per heavy atom. The number of hydrogen-bond acceptors (Lipinski definition) is 3. The number of carbonyl (C=O) groups excluding carboxylic acids is 2. The molecule has 0 aromatic rings. The Bertz CT molecular complexity index is 245. The lowest BCUT2D eigenvalue weighted by Gasteiger charge is -2.14. The fourth-order valence-corrected chi connectivity index (χ4v) is 0.761. The molecule has 2 amide bonds. The van der Waals surface area contributed by atoms with Gasteiger partial charge in [0.15, 0.2) is 0 Å². The topological polar surface area (TPSA) is 67.8 Å². The van der Waals surface area contributed by atoms with Crippen molar-refractivity contribution in [1.82, 2.24) is 5.32 Å². The molecule has 1 rings (SSSR count).